The summed E-state index contributed by atoms with van der Waals surface area (Å²) in [4.78, 5) is 13.2. The van der Waals surface area contributed by atoms with E-state index in [1.54, 1.807) is 11.8 Å². The van der Waals surface area contributed by atoms with E-state index >= 15 is 0 Å². The van der Waals surface area contributed by atoms with Crippen molar-refractivity contribution in [1.82, 2.24) is 0 Å². The Labute approximate surface area is 113 Å². The van der Waals surface area contributed by atoms with E-state index in [0.717, 1.165) is 11.3 Å². The van der Waals surface area contributed by atoms with E-state index in [1.165, 1.54) is 7.11 Å². The van der Waals surface area contributed by atoms with Crippen molar-refractivity contribution < 1.29 is 9.53 Å². The summed E-state index contributed by atoms with van der Waals surface area (Å²) in [6.45, 7) is 4.06. The molecule has 0 heterocycles. The van der Waals surface area contributed by atoms with Gasteiger partial charge in [-0.1, -0.05) is 44.2 Å². The molecule has 1 unspecified atom stereocenters. The van der Waals surface area contributed by atoms with E-state index in [9.17, 15) is 4.79 Å². The molecule has 0 aliphatic carbocycles. The zero-order valence-corrected chi connectivity index (χ0v) is 12.0. The molecule has 1 aromatic rings. The van der Waals surface area contributed by atoms with E-state index in [2.05, 4.69) is 6.92 Å². The largest absolute Gasteiger partial charge is 0.468 e. The Morgan fingerprint density at radius 2 is 2.00 bits per heavy atom. The molecule has 98 valence electrons. The van der Waals surface area contributed by atoms with Crippen LogP contribution in [0.1, 0.15) is 26.7 Å². The highest BCUT2D eigenvalue weighted by atomic mass is 32.2. The van der Waals surface area contributed by atoms with Crippen LogP contribution >= 0.6 is 11.8 Å². The van der Waals surface area contributed by atoms with Gasteiger partial charge in [0.05, 0.1) is 7.11 Å². The Kier molecular flexibility index (Phi) is 5.99. The highest BCUT2D eigenvalue weighted by Gasteiger charge is 2.36. The van der Waals surface area contributed by atoms with Gasteiger partial charge in [-0.3, -0.25) is 4.79 Å². The van der Waals surface area contributed by atoms with Crippen molar-refractivity contribution in [3.8, 4) is 0 Å². The molecule has 0 radical (unpaired) electrons. The summed E-state index contributed by atoms with van der Waals surface area (Å²) in [5, 5.41) is 0. The van der Waals surface area contributed by atoms with E-state index < -0.39 is 4.75 Å². The molecule has 0 aliphatic heterocycles. The Morgan fingerprint density at radius 3 is 2.50 bits per heavy atom. The predicted octanol–water partition coefficient (Wildman–Crippen LogP) is 4.07. The molecule has 0 aliphatic rings. The van der Waals surface area contributed by atoms with Gasteiger partial charge in [-0.2, -0.15) is 0 Å². The van der Waals surface area contributed by atoms with E-state index in [1.807, 2.05) is 49.4 Å². The number of ether oxygens (including phenoxy) is 1. The van der Waals surface area contributed by atoms with Crippen LogP contribution < -0.4 is 0 Å². The lowest BCUT2D eigenvalue weighted by Crippen LogP contribution is -2.33. The third kappa shape index (κ3) is 3.64. The molecule has 1 rings (SSSR count). The van der Waals surface area contributed by atoms with Crippen LogP contribution in [-0.4, -0.2) is 17.8 Å². The molecule has 3 heteroatoms. The minimum Gasteiger partial charge on any atom is -0.468 e. The highest BCUT2D eigenvalue weighted by Crippen LogP contribution is 2.38. The fourth-order valence-corrected chi connectivity index (χ4v) is 2.85. The summed E-state index contributed by atoms with van der Waals surface area (Å²) >= 11 is 1.55. The topological polar surface area (TPSA) is 26.3 Å². The molecule has 0 N–H and O–H groups in total. The Balaban J connectivity index is 3.03. The van der Waals surface area contributed by atoms with Gasteiger partial charge in [0.1, 0.15) is 4.75 Å². The number of hydrogen-bond donors (Lipinski definition) is 0. The quantitative estimate of drug-likeness (QED) is 0.440. The SMILES string of the molecule is CCC=CC(CC)(Sc1ccccc1)C(=O)OC. The normalized spacial score (nSPS) is 14.4. The van der Waals surface area contributed by atoms with Crippen molar-refractivity contribution in [2.45, 2.75) is 36.3 Å². The first-order valence-electron chi connectivity index (χ1n) is 6.18. The standard InChI is InChI=1S/C15H20O2S/c1-4-6-12-15(5-2,14(16)17-3)18-13-10-8-7-9-11-13/h6-12H,4-5H2,1-3H3. The van der Waals surface area contributed by atoms with Gasteiger partial charge in [0.15, 0.2) is 0 Å². The summed E-state index contributed by atoms with van der Waals surface area (Å²) in [6, 6.07) is 9.94. The molecular weight excluding hydrogens is 244 g/mol. The molecule has 1 atom stereocenters. The fraction of sp³-hybridized carbons (Fsp3) is 0.400. The third-order valence-electron chi connectivity index (χ3n) is 2.72. The molecule has 0 saturated heterocycles. The van der Waals surface area contributed by atoms with Crippen molar-refractivity contribution in [2.75, 3.05) is 7.11 Å². The van der Waals surface area contributed by atoms with Crippen LogP contribution in [0.25, 0.3) is 0 Å². The number of esters is 1. The Morgan fingerprint density at radius 1 is 1.33 bits per heavy atom. The van der Waals surface area contributed by atoms with Crippen LogP contribution in [0.15, 0.2) is 47.4 Å². The Hall–Kier alpha value is -1.22. The van der Waals surface area contributed by atoms with Crippen molar-refractivity contribution in [3.05, 3.63) is 42.5 Å². The lowest BCUT2D eigenvalue weighted by molar-refractivity contribution is -0.142. The summed E-state index contributed by atoms with van der Waals surface area (Å²) in [5.74, 6) is -0.191. The van der Waals surface area contributed by atoms with Crippen LogP contribution in [0.4, 0.5) is 0 Å². The summed E-state index contributed by atoms with van der Waals surface area (Å²) in [7, 11) is 1.44. The lowest BCUT2D eigenvalue weighted by Gasteiger charge is -2.25. The minimum atomic E-state index is -0.619. The third-order valence-corrected chi connectivity index (χ3v) is 4.19. The number of benzene rings is 1. The fourth-order valence-electron chi connectivity index (χ4n) is 1.66. The number of hydrogen-bond acceptors (Lipinski definition) is 3. The predicted molar refractivity (Wildman–Crippen MR) is 76.8 cm³/mol. The number of thioether (sulfide) groups is 1. The molecule has 18 heavy (non-hydrogen) atoms. The monoisotopic (exact) mass is 264 g/mol. The smallest absolute Gasteiger partial charge is 0.326 e. The maximum Gasteiger partial charge on any atom is 0.326 e. The average molecular weight is 264 g/mol. The number of rotatable bonds is 6. The van der Waals surface area contributed by atoms with Gasteiger partial charge in [0.25, 0.3) is 0 Å². The summed E-state index contributed by atoms with van der Waals surface area (Å²) in [5.41, 5.74) is 0. The highest BCUT2D eigenvalue weighted by molar-refractivity contribution is 8.01. The van der Waals surface area contributed by atoms with Gasteiger partial charge in [-0.15, -0.1) is 11.8 Å². The molecule has 1 aromatic carbocycles. The first kappa shape index (κ1) is 14.8. The first-order chi connectivity index (χ1) is 8.68. The lowest BCUT2D eigenvalue weighted by atomic mass is 10.0. The van der Waals surface area contributed by atoms with Gasteiger partial charge in [-0.05, 0) is 25.0 Å². The number of methoxy groups -OCH3 is 1. The summed E-state index contributed by atoms with van der Waals surface area (Å²) in [6.07, 6.45) is 5.61. The molecule has 2 nitrogen and oxygen atoms in total. The molecule has 0 bridgehead atoms. The summed E-state index contributed by atoms with van der Waals surface area (Å²) < 4.78 is 4.35. The van der Waals surface area contributed by atoms with E-state index in [0.29, 0.717) is 6.42 Å². The van der Waals surface area contributed by atoms with Crippen molar-refractivity contribution in [1.29, 1.82) is 0 Å². The van der Waals surface area contributed by atoms with Crippen LogP contribution in [0.2, 0.25) is 0 Å². The van der Waals surface area contributed by atoms with Crippen molar-refractivity contribution >= 4 is 17.7 Å². The number of allylic oxidation sites excluding steroid dienone is 1. The molecule has 0 saturated carbocycles. The van der Waals surface area contributed by atoms with Gasteiger partial charge >= 0.3 is 5.97 Å². The van der Waals surface area contributed by atoms with Crippen LogP contribution in [0.5, 0.6) is 0 Å². The van der Waals surface area contributed by atoms with Crippen LogP contribution in [0, 0.1) is 0 Å². The molecule has 0 fully saturated rings. The van der Waals surface area contributed by atoms with Gasteiger partial charge in [0.2, 0.25) is 0 Å². The van der Waals surface area contributed by atoms with Crippen molar-refractivity contribution in [3.63, 3.8) is 0 Å². The molecular formula is C15H20O2S. The Bertz CT molecular complexity index is 400. The maximum absolute atomic E-state index is 12.1. The van der Waals surface area contributed by atoms with Crippen LogP contribution in [0.3, 0.4) is 0 Å². The van der Waals surface area contributed by atoms with Crippen LogP contribution in [-0.2, 0) is 9.53 Å². The first-order valence-corrected chi connectivity index (χ1v) is 7.00. The molecule has 0 amide bonds. The van der Waals surface area contributed by atoms with Gasteiger partial charge in [-0.25, -0.2) is 0 Å². The average Bonchev–Trinajstić information content (AvgIpc) is 2.43. The van der Waals surface area contributed by atoms with Gasteiger partial charge in [0, 0.05) is 4.90 Å². The van der Waals surface area contributed by atoms with E-state index in [4.69, 9.17) is 4.74 Å². The molecule has 0 aromatic heterocycles. The molecule has 0 spiro atoms. The minimum absolute atomic E-state index is 0.191. The number of carbonyl (C=O) groups excluding carboxylic acids is 1. The van der Waals surface area contributed by atoms with Gasteiger partial charge < -0.3 is 4.74 Å². The number of carbonyl (C=O) groups is 1. The van der Waals surface area contributed by atoms with Crippen molar-refractivity contribution in [2.24, 2.45) is 0 Å². The zero-order chi connectivity index (χ0) is 13.4. The van der Waals surface area contributed by atoms with E-state index in [-0.39, 0.29) is 5.97 Å². The zero-order valence-electron chi connectivity index (χ0n) is 11.2. The maximum atomic E-state index is 12.1. The second-order valence-corrected chi connectivity index (χ2v) is 5.36. The second kappa shape index (κ2) is 7.27. The second-order valence-electron chi connectivity index (χ2n) is 3.96.